The molecule has 0 bridgehead atoms. The molecular formula is C15H30NOP. The largest absolute Gasteiger partial charge is 0.322 e. The molecule has 0 saturated carbocycles. The first kappa shape index (κ1) is 17.7. The van der Waals surface area contributed by atoms with Crippen molar-refractivity contribution in [1.29, 1.82) is 0 Å². The molecule has 106 valence electrons. The van der Waals surface area contributed by atoms with Crippen molar-refractivity contribution in [3.63, 3.8) is 0 Å². The smallest absolute Gasteiger partial charge is 0.101 e. The SMILES string of the molecule is C=CCN(CC=C)C(CCC)P(C)(=O)CCCC. The summed E-state index contributed by atoms with van der Waals surface area (Å²) in [5, 5.41) is 0. The van der Waals surface area contributed by atoms with Crippen LogP contribution in [0.4, 0.5) is 0 Å². The fourth-order valence-electron chi connectivity index (χ4n) is 2.33. The van der Waals surface area contributed by atoms with Gasteiger partial charge in [-0.2, -0.15) is 0 Å². The molecule has 0 aromatic rings. The van der Waals surface area contributed by atoms with Gasteiger partial charge in [-0.3, -0.25) is 4.90 Å². The molecule has 0 N–H and O–H groups in total. The number of hydrogen-bond acceptors (Lipinski definition) is 2. The molecule has 0 aromatic heterocycles. The first-order chi connectivity index (χ1) is 8.53. The quantitative estimate of drug-likeness (QED) is 0.405. The predicted molar refractivity (Wildman–Crippen MR) is 84.0 cm³/mol. The van der Waals surface area contributed by atoms with E-state index in [0.29, 0.717) is 0 Å². The highest BCUT2D eigenvalue weighted by Crippen LogP contribution is 2.50. The summed E-state index contributed by atoms with van der Waals surface area (Å²) in [5.74, 6) is 0.185. The van der Waals surface area contributed by atoms with Gasteiger partial charge in [-0.15, -0.1) is 13.2 Å². The molecule has 2 nitrogen and oxygen atoms in total. The standard InChI is InChI=1S/C15H30NOP/c1-6-10-14-18(5,17)15(11-7-2)16(12-8-3)13-9-4/h8-9,15H,3-4,6-7,10-14H2,1-2,5H3. The average Bonchev–Trinajstić information content (AvgIpc) is 2.33. The Morgan fingerprint density at radius 2 is 1.72 bits per heavy atom. The van der Waals surface area contributed by atoms with E-state index in [-0.39, 0.29) is 5.78 Å². The summed E-state index contributed by atoms with van der Waals surface area (Å²) in [6, 6.07) is 0. The topological polar surface area (TPSA) is 20.3 Å². The maximum absolute atomic E-state index is 12.9. The van der Waals surface area contributed by atoms with Crippen molar-refractivity contribution in [2.45, 2.75) is 45.3 Å². The lowest BCUT2D eigenvalue weighted by Gasteiger charge is -2.34. The van der Waals surface area contributed by atoms with Crippen molar-refractivity contribution in [3.8, 4) is 0 Å². The summed E-state index contributed by atoms with van der Waals surface area (Å²) >= 11 is 0. The van der Waals surface area contributed by atoms with Crippen LogP contribution in [0.1, 0.15) is 39.5 Å². The summed E-state index contributed by atoms with van der Waals surface area (Å²) in [5.41, 5.74) is 0. The third-order valence-electron chi connectivity index (χ3n) is 3.28. The highest BCUT2D eigenvalue weighted by Gasteiger charge is 2.30. The van der Waals surface area contributed by atoms with Gasteiger partial charge in [0.1, 0.15) is 7.14 Å². The third kappa shape index (κ3) is 6.02. The van der Waals surface area contributed by atoms with Crippen LogP contribution in [0.3, 0.4) is 0 Å². The zero-order valence-corrected chi connectivity index (χ0v) is 13.3. The van der Waals surface area contributed by atoms with E-state index in [2.05, 4.69) is 31.9 Å². The van der Waals surface area contributed by atoms with Crippen LogP contribution in [0, 0.1) is 0 Å². The van der Waals surface area contributed by atoms with Gasteiger partial charge in [0.25, 0.3) is 0 Å². The summed E-state index contributed by atoms with van der Waals surface area (Å²) in [7, 11) is -2.12. The summed E-state index contributed by atoms with van der Waals surface area (Å²) in [6.07, 6.45) is 8.89. The van der Waals surface area contributed by atoms with Crippen molar-refractivity contribution >= 4 is 7.14 Å². The van der Waals surface area contributed by atoms with Crippen molar-refractivity contribution < 1.29 is 4.57 Å². The Labute approximate surface area is 114 Å². The lowest BCUT2D eigenvalue weighted by molar-refractivity contribution is 0.287. The highest BCUT2D eigenvalue weighted by molar-refractivity contribution is 7.63. The molecule has 2 unspecified atom stereocenters. The van der Waals surface area contributed by atoms with E-state index in [9.17, 15) is 4.57 Å². The van der Waals surface area contributed by atoms with Gasteiger partial charge < -0.3 is 4.57 Å². The van der Waals surface area contributed by atoms with Crippen molar-refractivity contribution in [2.24, 2.45) is 0 Å². The average molecular weight is 271 g/mol. The highest BCUT2D eigenvalue weighted by atomic mass is 31.2. The van der Waals surface area contributed by atoms with Crippen molar-refractivity contribution in [3.05, 3.63) is 25.3 Å². The van der Waals surface area contributed by atoms with E-state index in [1.165, 1.54) is 0 Å². The second kappa shape index (κ2) is 9.58. The van der Waals surface area contributed by atoms with E-state index >= 15 is 0 Å². The molecule has 0 aliphatic carbocycles. The summed E-state index contributed by atoms with van der Waals surface area (Å²) in [4.78, 5) is 2.26. The fourth-order valence-corrected chi connectivity index (χ4v) is 5.26. The Hall–Kier alpha value is -0.330. The number of rotatable bonds is 11. The van der Waals surface area contributed by atoms with E-state index in [1.54, 1.807) is 0 Å². The van der Waals surface area contributed by atoms with Crippen molar-refractivity contribution in [1.82, 2.24) is 4.90 Å². The molecule has 0 heterocycles. The molecule has 0 aromatic carbocycles. The first-order valence-corrected chi connectivity index (χ1v) is 9.46. The number of unbranched alkanes of at least 4 members (excludes halogenated alkanes) is 1. The maximum atomic E-state index is 12.9. The Morgan fingerprint density at radius 3 is 2.11 bits per heavy atom. The molecule has 2 atom stereocenters. The third-order valence-corrected chi connectivity index (χ3v) is 6.33. The molecule has 0 fully saturated rings. The Kier molecular flexibility index (Phi) is 9.40. The van der Waals surface area contributed by atoms with E-state index < -0.39 is 7.14 Å². The minimum Gasteiger partial charge on any atom is -0.322 e. The normalized spacial score (nSPS) is 16.2. The second-order valence-electron chi connectivity index (χ2n) is 5.05. The summed E-state index contributed by atoms with van der Waals surface area (Å²) < 4.78 is 12.9. The maximum Gasteiger partial charge on any atom is 0.101 e. The zero-order valence-electron chi connectivity index (χ0n) is 12.4. The van der Waals surface area contributed by atoms with Gasteiger partial charge in [0, 0.05) is 19.3 Å². The van der Waals surface area contributed by atoms with Gasteiger partial charge in [0.05, 0.1) is 5.78 Å². The molecular weight excluding hydrogens is 241 g/mol. The number of nitrogens with zero attached hydrogens (tertiary/aromatic N) is 1. The molecule has 0 rings (SSSR count). The van der Waals surface area contributed by atoms with Crippen LogP contribution >= 0.6 is 7.14 Å². The van der Waals surface area contributed by atoms with Gasteiger partial charge in [-0.05, 0) is 19.5 Å². The zero-order chi connectivity index (χ0) is 14.0. The van der Waals surface area contributed by atoms with Gasteiger partial charge in [0.2, 0.25) is 0 Å². The van der Waals surface area contributed by atoms with Crippen LogP contribution < -0.4 is 0 Å². The Balaban J connectivity index is 4.91. The molecule has 0 amide bonds. The van der Waals surface area contributed by atoms with Gasteiger partial charge >= 0.3 is 0 Å². The minimum atomic E-state index is -2.12. The minimum absolute atomic E-state index is 0.185. The molecule has 18 heavy (non-hydrogen) atoms. The van der Waals surface area contributed by atoms with Crippen LogP contribution in [0.25, 0.3) is 0 Å². The molecule has 0 aliphatic heterocycles. The second-order valence-corrected chi connectivity index (χ2v) is 8.44. The fraction of sp³-hybridized carbons (Fsp3) is 0.733. The van der Waals surface area contributed by atoms with Gasteiger partial charge in [0.15, 0.2) is 0 Å². The van der Waals surface area contributed by atoms with Crippen LogP contribution in [0.5, 0.6) is 0 Å². The molecule has 0 spiro atoms. The lowest BCUT2D eigenvalue weighted by atomic mass is 10.3. The monoisotopic (exact) mass is 271 g/mol. The van der Waals surface area contributed by atoms with Crippen molar-refractivity contribution in [2.75, 3.05) is 25.9 Å². The Bertz CT molecular complexity index is 278. The predicted octanol–water partition coefficient (Wildman–Crippen LogP) is 4.58. The molecule has 0 radical (unpaired) electrons. The van der Waals surface area contributed by atoms with E-state index in [1.807, 2.05) is 18.8 Å². The molecule has 0 aliphatic rings. The Morgan fingerprint density at radius 1 is 1.17 bits per heavy atom. The molecule has 0 saturated heterocycles. The summed E-state index contributed by atoms with van der Waals surface area (Å²) in [6.45, 7) is 15.5. The van der Waals surface area contributed by atoms with Crippen LogP contribution in [-0.2, 0) is 4.57 Å². The van der Waals surface area contributed by atoms with E-state index in [0.717, 1.165) is 44.9 Å². The first-order valence-electron chi connectivity index (χ1n) is 7.05. The van der Waals surface area contributed by atoms with Crippen LogP contribution in [0.2, 0.25) is 0 Å². The van der Waals surface area contributed by atoms with E-state index in [4.69, 9.17) is 0 Å². The lowest BCUT2D eigenvalue weighted by Crippen LogP contribution is -2.36. The number of hydrogen-bond donors (Lipinski definition) is 0. The van der Waals surface area contributed by atoms with Gasteiger partial charge in [-0.25, -0.2) is 0 Å². The molecule has 3 heteroatoms. The van der Waals surface area contributed by atoms with Gasteiger partial charge in [-0.1, -0.05) is 38.8 Å². The van der Waals surface area contributed by atoms with Crippen LogP contribution in [-0.4, -0.2) is 36.6 Å². The van der Waals surface area contributed by atoms with Crippen LogP contribution in [0.15, 0.2) is 25.3 Å².